The van der Waals surface area contributed by atoms with Crippen LogP contribution in [0.25, 0.3) is 0 Å². The van der Waals surface area contributed by atoms with Crippen LogP contribution in [0.5, 0.6) is 5.75 Å². The van der Waals surface area contributed by atoms with E-state index in [1.165, 1.54) is 4.90 Å². The van der Waals surface area contributed by atoms with Gasteiger partial charge in [0.1, 0.15) is 11.6 Å². The Kier molecular flexibility index (Phi) is 9.59. The van der Waals surface area contributed by atoms with E-state index in [0.717, 1.165) is 6.42 Å². The van der Waals surface area contributed by atoms with Crippen molar-refractivity contribution in [3.05, 3.63) is 69.3 Å². The van der Waals surface area contributed by atoms with Crippen LogP contribution in [0.15, 0.2) is 48.7 Å². The number of benzene rings is 2. The second-order valence-corrected chi connectivity index (χ2v) is 8.29. The number of ether oxygens (including phenoxy) is 2. The van der Waals surface area contributed by atoms with Gasteiger partial charge in [-0.05, 0) is 48.4 Å². The highest BCUT2D eigenvalue weighted by molar-refractivity contribution is 6.43. The summed E-state index contributed by atoms with van der Waals surface area (Å²) in [4.78, 5) is 23.5. The minimum atomic E-state index is -0.429. The molecule has 0 atom stereocenters. The predicted octanol–water partition coefficient (Wildman–Crippen LogP) is 5.94. The smallest absolute Gasteiger partial charge is 0.327 e. The van der Waals surface area contributed by atoms with Crippen molar-refractivity contribution in [2.24, 2.45) is 0 Å². The van der Waals surface area contributed by atoms with Crippen LogP contribution in [0.1, 0.15) is 12.0 Å². The monoisotopic (exact) mass is 523 g/mol. The van der Waals surface area contributed by atoms with Gasteiger partial charge < -0.3 is 20.1 Å². The maximum Gasteiger partial charge on any atom is 0.327 e. The van der Waals surface area contributed by atoms with Gasteiger partial charge in [0, 0.05) is 44.1 Å². The quantitative estimate of drug-likeness (QED) is 0.252. The van der Waals surface area contributed by atoms with Crippen LogP contribution in [-0.4, -0.2) is 43.4 Å². The van der Waals surface area contributed by atoms with Crippen molar-refractivity contribution in [1.29, 1.82) is 0 Å². The zero-order valence-corrected chi connectivity index (χ0v) is 20.9. The van der Waals surface area contributed by atoms with Gasteiger partial charge in [0.25, 0.3) is 0 Å². The van der Waals surface area contributed by atoms with Gasteiger partial charge >= 0.3 is 6.03 Å². The molecule has 3 rings (SSSR count). The van der Waals surface area contributed by atoms with Gasteiger partial charge in [-0.1, -0.05) is 34.8 Å². The second kappa shape index (κ2) is 12.6. The van der Waals surface area contributed by atoms with E-state index in [4.69, 9.17) is 44.3 Å². The molecule has 8 nitrogen and oxygen atoms in total. The second-order valence-electron chi connectivity index (χ2n) is 7.06. The summed E-state index contributed by atoms with van der Waals surface area (Å²) in [6.45, 7) is 1.35. The maximum absolute atomic E-state index is 13.3. The standard InChI is InChI=1S/C23H24Cl3N5O3/c1-33-11-3-9-27-22-28-10-8-20(30-22)31(17-4-6-18(34-2)7-5-17)23(32)29-14-15-12-16(24)13-19(25)21(15)26/h4-8,10,12-13H,3,9,11,14H2,1-2H3,(H,29,32)(H,27,28,30). The van der Waals surface area contributed by atoms with Gasteiger partial charge in [0.05, 0.1) is 22.8 Å². The molecule has 0 bridgehead atoms. The average molecular weight is 525 g/mol. The molecule has 34 heavy (non-hydrogen) atoms. The SMILES string of the molecule is COCCCNc1nccc(N(C(=O)NCc2cc(Cl)cc(Cl)c2Cl)c2ccc(OC)cc2)n1. The van der Waals surface area contributed by atoms with Crippen LogP contribution in [0.3, 0.4) is 0 Å². The molecule has 0 fully saturated rings. The van der Waals surface area contributed by atoms with Gasteiger partial charge in [-0.3, -0.25) is 0 Å². The topological polar surface area (TPSA) is 88.6 Å². The van der Waals surface area contributed by atoms with Gasteiger partial charge in [0.2, 0.25) is 5.95 Å². The Bertz CT molecular complexity index is 1120. The molecule has 0 radical (unpaired) electrons. The molecule has 1 aromatic heterocycles. The first-order valence-electron chi connectivity index (χ1n) is 10.3. The number of rotatable bonds is 10. The van der Waals surface area contributed by atoms with Crippen LogP contribution < -0.4 is 20.3 Å². The number of carbonyl (C=O) groups excluding carboxylic acids is 1. The third-order valence-electron chi connectivity index (χ3n) is 4.71. The van der Waals surface area contributed by atoms with Crippen LogP contribution in [0, 0.1) is 0 Å². The number of hydrogen-bond acceptors (Lipinski definition) is 6. The van der Waals surface area contributed by atoms with Crippen molar-refractivity contribution in [3.8, 4) is 5.75 Å². The van der Waals surface area contributed by atoms with Crippen molar-refractivity contribution in [3.63, 3.8) is 0 Å². The molecule has 1 heterocycles. The number of halogens is 3. The fourth-order valence-corrected chi connectivity index (χ4v) is 3.76. The molecule has 11 heteroatoms. The van der Waals surface area contributed by atoms with Crippen LogP contribution in [0.2, 0.25) is 15.1 Å². The first-order chi connectivity index (χ1) is 16.4. The largest absolute Gasteiger partial charge is 0.497 e. The predicted molar refractivity (Wildman–Crippen MR) is 136 cm³/mol. The van der Waals surface area contributed by atoms with E-state index in [0.29, 0.717) is 57.0 Å². The van der Waals surface area contributed by atoms with E-state index in [2.05, 4.69) is 20.6 Å². The van der Waals surface area contributed by atoms with Crippen molar-refractivity contribution >= 4 is 58.3 Å². The number of hydrogen-bond donors (Lipinski definition) is 2. The van der Waals surface area contributed by atoms with Crippen LogP contribution >= 0.6 is 34.8 Å². The lowest BCUT2D eigenvalue weighted by Crippen LogP contribution is -2.37. The normalized spacial score (nSPS) is 10.6. The number of methoxy groups -OCH3 is 2. The lowest BCUT2D eigenvalue weighted by atomic mass is 10.2. The molecule has 0 spiro atoms. The van der Waals surface area contributed by atoms with E-state index < -0.39 is 6.03 Å². The summed E-state index contributed by atoms with van der Waals surface area (Å²) >= 11 is 18.5. The highest BCUT2D eigenvalue weighted by Crippen LogP contribution is 2.30. The molecule has 0 saturated heterocycles. The Hall–Kier alpha value is -2.78. The number of amides is 2. The molecule has 0 aliphatic heterocycles. The molecule has 2 N–H and O–H groups in total. The molecule has 2 aromatic carbocycles. The zero-order chi connectivity index (χ0) is 24.5. The van der Waals surface area contributed by atoms with E-state index >= 15 is 0 Å². The van der Waals surface area contributed by atoms with Crippen LogP contribution in [-0.2, 0) is 11.3 Å². The summed E-state index contributed by atoms with van der Waals surface area (Å²) in [6, 6.07) is 11.4. The third-order valence-corrected chi connectivity index (χ3v) is 5.77. The maximum atomic E-state index is 13.3. The minimum Gasteiger partial charge on any atom is -0.497 e. The Morgan fingerprint density at radius 1 is 1.09 bits per heavy atom. The lowest BCUT2D eigenvalue weighted by Gasteiger charge is -2.23. The lowest BCUT2D eigenvalue weighted by molar-refractivity contribution is 0.197. The van der Waals surface area contributed by atoms with Crippen molar-refractivity contribution in [1.82, 2.24) is 15.3 Å². The molecule has 0 aliphatic carbocycles. The summed E-state index contributed by atoms with van der Waals surface area (Å²) in [5, 5.41) is 7.05. The van der Waals surface area contributed by atoms with Crippen molar-refractivity contribution in [2.45, 2.75) is 13.0 Å². The summed E-state index contributed by atoms with van der Waals surface area (Å²) in [5.41, 5.74) is 1.17. The Morgan fingerprint density at radius 2 is 1.85 bits per heavy atom. The molecular weight excluding hydrogens is 501 g/mol. The fourth-order valence-electron chi connectivity index (χ4n) is 3.05. The van der Waals surface area contributed by atoms with Gasteiger partial charge in [0.15, 0.2) is 0 Å². The summed E-state index contributed by atoms with van der Waals surface area (Å²) in [5.74, 6) is 1.43. The van der Waals surface area contributed by atoms with E-state index in [1.807, 2.05) is 0 Å². The summed E-state index contributed by atoms with van der Waals surface area (Å²) in [6.07, 6.45) is 2.37. The van der Waals surface area contributed by atoms with Gasteiger partial charge in [-0.2, -0.15) is 4.98 Å². The van der Waals surface area contributed by atoms with E-state index in [1.54, 1.807) is 62.9 Å². The Balaban J connectivity index is 1.86. The van der Waals surface area contributed by atoms with Crippen molar-refractivity contribution in [2.75, 3.05) is 37.6 Å². The van der Waals surface area contributed by atoms with Crippen molar-refractivity contribution < 1.29 is 14.3 Å². The number of carbonyl (C=O) groups is 1. The van der Waals surface area contributed by atoms with Crippen LogP contribution in [0.4, 0.5) is 22.2 Å². The third kappa shape index (κ3) is 6.87. The first-order valence-corrected chi connectivity index (χ1v) is 11.5. The summed E-state index contributed by atoms with van der Waals surface area (Å²) in [7, 11) is 3.22. The molecule has 0 saturated carbocycles. The highest BCUT2D eigenvalue weighted by atomic mass is 35.5. The van der Waals surface area contributed by atoms with E-state index in [-0.39, 0.29) is 6.54 Å². The van der Waals surface area contributed by atoms with Gasteiger partial charge in [-0.25, -0.2) is 14.7 Å². The molecule has 180 valence electrons. The molecule has 0 aliphatic rings. The number of nitrogens with one attached hydrogen (secondary N) is 2. The number of urea groups is 1. The summed E-state index contributed by atoms with van der Waals surface area (Å²) < 4.78 is 10.3. The fraction of sp³-hybridized carbons (Fsp3) is 0.261. The number of aromatic nitrogens is 2. The van der Waals surface area contributed by atoms with E-state index in [9.17, 15) is 4.79 Å². The molecular formula is C23H24Cl3N5O3. The minimum absolute atomic E-state index is 0.109. The molecule has 3 aromatic rings. The average Bonchev–Trinajstić information content (AvgIpc) is 2.84. The Labute approximate surface area is 213 Å². The molecule has 0 unspecified atom stereocenters. The first kappa shape index (κ1) is 25.8. The zero-order valence-electron chi connectivity index (χ0n) is 18.6. The number of nitrogens with zero attached hydrogens (tertiary/aromatic N) is 3. The number of anilines is 3. The Morgan fingerprint density at radius 3 is 2.56 bits per heavy atom. The highest BCUT2D eigenvalue weighted by Gasteiger charge is 2.21. The van der Waals surface area contributed by atoms with Gasteiger partial charge in [-0.15, -0.1) is 0 Å². The molecule has 2 amide bonds.